The molecule has 0 heterocycles. The van der Waals surface area contributed by atoms with Gasteiger partial charge in [0, 0.05) is 9.49 Å². The molecule has 2 nitrogen and oxygen atoms in total. The topological polar surface area (TPSA) is 29.1 Å². The van der Waals surface area contributed by atoms with E-state index in [1.807, 2.05) is 12.1 Å². The van der Waals surface area contributed by atoms with Crippen LogP contribution in [0.25, 0.3) is 0 Å². The zero-order valence-electron chi connectivity index (χ0n) is 12.8. The fourth-order valence-corrected chi connectivity index (χ4v) is 3.62. The molecule has 0 bridgehead atoms. The highest BCUT2D eigenvalue weighted by molar-refractivity contribution is 8.01. The minimum Gasteiger partial charge on any atom is -0.497 e. The molecule has 0 spiro atoms. The molecule has 19 heavy (non-hydrogen) atoms. The Labute approximate surface area is 125 Å². The van der Waals surface area contributed by atoms with Crippen molar-refractivity contribution in [1.29, 1.82) is 0 Å². The average molecular weight is 299 g/mol. The van der Waals surface area contributed by atoms with E-state index in [1.165, 1.54) is 0 Å². The Hall–Kier alpha value is -0.480. The Morgan fingerprint density at radius 1 is 0.895 bits per heavy atom. The van der Waals surface area contributed by atoms with Gasteiger partial charge >= 0.3 is 0 Å². The first-order chi connectivity index (χ1) is 8.52. The van der Waals surface area contributed by atoms with Crippen LogP contribution in [0.15, 0.2) is 21.9 Å². The molecule has 1 aromatic rings. The molecule has 1 rings (SSSR count). The number of hydrogen-bond donors (Lipinski definition) is 0. The molecule has 0 saturated carbocycles. The van der Waals surface area contributed by atoms with Crippen molar-refractivity contribution in [3.8, 4) is 11.5 Å². The van der Waals surface area contributed by atoms with E-state index in [9.17, 15) is 5.11 Å². The van der Waals surface area contributed by atoms with E-state index >= 15 is 0 Å². The smallest absolute Gasteiger partial charge is 0.205 e. The van der Waals surface area contributed by atoms with E-state index in [4.69, 9.17) is 4.74 Å². The predicted octanol–water partition coefficient (Wildman–Crippen LogP) is 5.62. The molecular weight excluding hydrogens is 276 g/mol. The second kappa shape index (κ2) is 5.88. The van der Waals surface area contributed by atoms with Crippen molar-refractivity contribution in [3.05, 3.63) is 12.1 Å². The van der Waals surface area contributed by atoms with Gasteiger partial charge in [0.15, 0.2) is 0 Å². The van der Waals surface area contributed by atoms with Gasteiger partial charge in [-0.3, -0.25) is 5.11 Å². The number of thioether (sulfide) groups is 2. The van der Waals surface area contributed by atoms with Gasteiger partial charge in [0.2, 0.25) is 5.75 Å². The second-order valence-electron chi connectivity index (χ2n) is 6.38. The minimum absolute atomic E-state index is 0.00912. The monoisotopic (exact) mass is 299 g/mol. The molecule has 0 saturated heterocycles. The molecule has 107 valence electrons. The van der Waals surface area contributed by atoms with Crippen LogP contribution in [0.5, 0.6) is 11.5 Å². The Balaban J connectivity index is 3.21. The molecule has 0 aliphatic rings. The van der Waals surface area contributed by atoms with E-state index in [2.05, 4.69) is 41.5 Å². The largest absolute Gasteiger partial charge is 0.497 e. The third-order valence-corrected chi connectivity index (χ3v) is 4.33. The number of hydrogen-bond acceptors (Lipinski definition) is 3. The lowest BCUT2D eigenvalue weighted by atomic mass is 10.2. The summed E-state index contributed by atoms with van der Waals surface area (Å²) in [6.07, 6.45) is 0. The van der Waals surface area contributed by atoms with Crippen molar-refractivity contribution in [2.24, 2.45) is 0 Å². The molecular formula is C15H23O2S2. The maximum atomic E-state index is 12.5. The Kier molecular flexibility index (Phi) is 5.13. The van der Waals surface area contributed by atoms with Gasteiger partial charge in [0.05, 0.1) is 16.9 Å². The summed E-state index contributed by atoms with van der Waals surface area (Å²) in [6.45, 7) is 12.6. The van der Waals surface area contributed by atoms with E-state index in [0.29, 0.717) is 0 Å². The highest BCUT2D eigenvalue weighted by atomic mass is 32.2. The van der Waals surface area contributed by atoms with Crippen LogP contribution < -0.4 is 4.74 Å². The molecule has 0 unspecified atom stereocenters. The fraction of sp³-hybridized carbons (Fsp3) is 0.600. The van der Waals surface area contributed by atoms with Crippen molar-refractivity contribution >= 4 is 23.5 Å². The maximum absolute atomic E-state index is 12.5. The van der Waals surface area contributed by atoms with Crippen LogP contribution in [0, 0.1) is 0 Å². The standard InChI is InChI=1S/C15H23O2S2/c1-14(2,3)18-11-8-10(17-7)9-12(13(11)16)19-15(4,5)6/h8-9H,1-7H3. The van der Waals surface area contributed by atoms with Crippen LogP contribution in [0.4, 0.5) is 0 Å². The van der Waals surface area contributed by atoms with Crippen molar-refractivity contribution in [3.63, 3.8) is 0 Å². The van der Waals surface area contributed by atoms with Gasteiger partial charge in [-0.15, -0.1) is 23.5 Å². The van der Waals surface area contributed by atoms with Crippen LogP contribution in [0.3, 0.4) is 0 Å². The molecule has 0 aliphatic carbocycles. The van der Waals surface area contributed by atoms with Gasteiger partial charge in [0.25, 0.3) is 0 Å². The molecule has 1 aromatic carbocycles. The molecule has 0 atom stereocenters. The first-order valence-corrected chi connectivity index (χ1v) is 7.92. The Morgan fingerprint density at radius 2 is 1.26 bits per heavy atom. The lowest BCUT2D eigenvalue weighted by Crippen LogP contribution is -2.08. The minimum atomic E-state index is 0.00912. The summed E-state index contributed by atoms with van der Waals surface area (Å²) in [6, 6.07) is 3.68. The fourth-order valence-electron chi connectivity index (χ4n) is 1.48. The summed E-state index contributed by atoms with van der Waals surface area (Å²) >= 11 is 3.18. The number of rotatable bonds is 3. The number of methoxy groups -OCH3 is 1. The van der Waals surface area contributed by atoms with Crippen LogP contribution in [-0.4, -0.2) is 16.6 Å². The van der Waals surface area contributed by atoms with Crippen molar-refractivity contribution in [1.82, 2.24) is 0 Å². The van der Waals surface area contributed by atoms with Crippen molar-refractivity contribution in [2.75, 3.05) is 7.11 Å². The van der Waals surface area contributed by atoms with E-state index in [-0.39, 0.29) is 15.2 Å². The normalized spacial score (nSPS) is 12.6. The summed E-state index contributed by atoms with van der Waals surface area (Å²) in [7, 11) is 1.64. The predicted molar refractivity (Wildman–Crippen MR) is 84.3 cm³/mol. The Bertz CT molecular complexity index is 405. The van der Waals surface area contributed by atoms with E-state index in [0.717, 1.165) is 15.5 Å². The lowest BCUT2D eigenvalue weighted by Gasteiger charge is -2.22. The molecule has 0 aromatic heterocycles. The highest BCUT2D eigenvalue weighted by Crippen LogP contribution is 2.47. The van der Waals surface area contributed by atoms with E-state index in [1.54, 1.807) is 30.6 Å². The molecule has 0 fully saturated rings. The summed E-state index contributed by atoms with van der Waals surface area (Å²) in [5.74, 6) is 0.860. The highest BCUT2D eigenvalue weighted by Gasteiger charge is 2.22. The van der Waals surface area contributed by atoms with E-state index < -0.39 is 0 Å². The van der Waals surface area contributed by atoms with Crippen LogP contribution in [-0.2, 0) is 5.11 Å². The third kappa shape index (κ3) is 5.57. The summed E-state index contributed by atoms with van der Waals surface area (Å²) in [4.78, 5) is 1.53. The summed E-state index contributed by atoms with van der Waals surface area (Å²) in [5, 5.41) is 12.5. The molecule has 0 N–H and O–H groups in total. The van der Waals surface area contributed by atoms with Gasteiger partial charge in [-0.05, 0) is 12.1 Å². The third-order valence-electron chi connectivity index (χ3n) is 2.06. The van der Waals surface area contributed by atoms with Gasteiger partial charge in [-0.2, -0.15) is 0 Å². The molecule has 0 aliphatic heterocycles. The quantitative estimate of drug-likeness (QED) is 0.678. The maximum Gasteiger partial charge on any atom is 0.205 e. The summed E-state index contributed by atoms with van der Waals surface area (Å²) < 4.78 is 5.33. The van der Waals surface area contributed by atoms with Crippen LogP contribution in [0.1, 0.15) is 41.5 Å². The first kappa shape index (κ1) is 16.6. The first-order valence-electron chi connectivity index (χ1n) is 6.29. The van der Waals surface area contributed by atoms with Crippen LogP contribution in [0.2, 0.25) is 0 Å². The molecule has 1 radical (unpaired) electrons. The van der Waals surface area contributed by atoms with Gasteiger partial charge in [-0.25, -0.2) is 0 Å². The van der Waals surface area contributed by atoms with Gasteiger partial charge < -0.3 is 4.74 Å². The zero-order chi connectivity index (χ0) is 14.8. The Morgan fingerprint density at radius 3 is 1.53 bits per heavy atom. The van der Waals surface area contributed by atoms with Crippen molar-refractivity contribution < 1.29 is 9.84 Å². The number of benzene rings is 1. The van der Waals surface area contributed by atoms with Gasteiger partial charge in [-0.1, -0.05) is 41.5 Å². The van der Waals surface area contributed by atoms with Crippen LogP contribution >= 0.6 is 23.5 Å². The molecule has 4 heteroatoms. The van der Waals surface area contributed by atoms with Crippen molar-refractivity contribution in [2.45, 2.75) is 60.8 Å². The zero-order valence-corrected chi connectivity index (χ0v) is 14.4. The summed E-state index contributed by atoms with van der Waals surface area (Å²) in [5.41, 5.74) is 0. The van der Waals surface area contributed by atoms with Gasteiger partial charge in [0.1, 0.15) is 5.75 Å². The number of ether oxygens (including phenoxy) is 1. The second-order valence-corrected chi connectivity index (χ2v) is 10.1. The average Bonchev–Trinajstić information content (AvgIpc) is 2.19. The molecule has 0 amide bonds. The lowest BCUT2D eigenvalue weighted by molar-refractivity contribution is 0.330. The SMILES string of the molecule is COc1cc(SC(C)(C)C)c([O])c(SC(C)(C)C)c1.